The van der Waals surface area contributed by atoms with E-state index in [1.807, 2.05) is 0 Å². The number of carbonyl (C=O) groups is 2. The maximum atomic E-state index is 12.0. The van der Waals surface area contributed by atoms with Crippen molar-refractivity contribution in [3.63, 3.8) is 0 Å². The Kier molecular flexibility index (Phi) is 5.53. The van der Waals surface area contributed by atoms with Crippen LogP contribution in [0.25, 0.3) is 0 Å². The predicted octanol–water partition coefficient (Wildman–Crippen LogP) is 1.15. The molecular weight excluding hydrogens is 295 g/mol. The molecule has 0 spiro atoms. The minimum atomic E-state index is -4.83. The Morgan fingerprint density at radius 2 is 1.81 bits per heavy atom. The van der Waals surface area contributed by atoms with Gasteiger partial charge in [0.25, 0.3) is 5.91 Å². The quantitative estimate of drug-likeness (QED) is 0.732. The zero-order chi connectivity index (χ0) is 16.0. The van der Waals surface area contributed by atoms with Gasteiger partial charge in [-0.1, -0.05) is 0 Å². The summed E-state index contributed by atoms with van der Waals surface area (Å²) in [7, 11) is 0. The largest absolute Gasteiger partial charge is 0.573 e. The Morgan fingerprint density at radius 3 is 2.24 bits per heavy atom. The summed E-state index contributed by atoms with van der Waals surface area (Å²) in [4.78, 5) is 22.5. The molecule has 3 N–H and O–H groups in total. The van der Waals surface area contributed by atoms with Crippen molar-refractivity contribution in [3.8, 4) is 5.75 Å². The lowest BCUT2D eigenvalue weighted by Crippen LogP contribution is -2.41. The highest BCUT2D eigenvalue weighted by Gasteiger charge is 2.31. The van der Waals surface area contributed by atoms with Gasteiger partial charge >= 0.3 is 12.3 Å². The van der Waals surface area contributed by atoms with Crippen molar-refractivity contribution in [2.24, 2.45) is 0 Å². The van der Waals surface area contributed by atoms with Gasteiger partial charge in [0.15, 0.2) is 0 Å². The van der Waals surface area contributed by atoms with Crippen molar-refractivity contribution in [1.29, 1.82) is 0 Å². The van der Waals surface area contributed by atoms with Crippen molar-refractivity contribution < 1.29 is 37.7 Å². The molecule has 1 rings (SSSR count). The number of carbonyl (C=O) groups excluding carboxylic acids is 1. The molecule has 9 heteroatoms. The molecular formula is C12H12F3NO5. The van der Waals surface area contributed by atoms with Gasteiger partial charge in [-0.3, -0.25) is 4.79 Å². The number of carboxylic acid groups (broad SMARTS) is 1. The minimum Gasteiger partial charge on any atom is -0.480 e. The molecule has 0 bridgehead atoms. The van der Waals surface area contributed by atoms with Crippen LogP contribution in [0.1, 0.15) is 16.8 Å². The fraction of sp³-hybridized carbons (Fsp3) is 0.333. The molecule has 116 valence electrons. The smallest absolute Gasteiger partial charge is 0.480 e. The van der Waals surface area contributed by atoms with E-state index in [1.54, 1.807) is 0 Å². The van der Waals surface area contributed by atoms with Crippen LogP contribution in [0, 0.1) is 0 Å². The van der Waals surface area contributed by atoms with E-state index in [2.05, 4.69) is 10.1 Å². The van der Waals surface area contributed by atoms with Crippen LogP contribution in [0.3, 0.4) is 0 Å². The normalized spacial score (nSPS) is 12.6. The second-order valence-corrected chi connectivity index (χ2v) is 3.95. The molecule has 0 fully saturated rings. The zero-order valence-corrected chi connectivity index (χ0v) is 10.6. The van der Waals surface area contributed by atoms with Gasteiger partial charge in [-0.05, 0) is 24.3 Å². The van der Waals surface area contributed by atoms with Crippen LogP contribution < -0.4 is 10.1 Å². The SMILES string of the molecule is O=C(NC(CCO)C(=O)O)c1ccc(OC(F)(F)F)cc1. The van der Waals surface area contributed by atoms with Crippen LogP contribution >= 0.6 is 0 Å². The second-order valence-electron chi connectivity index (χ2n) is 3.95. The molecule has 1 amide bonds. The standard InChI is InChI=1S/C12H12F3NO5/c13-12(14,15)21-8-3-1-7(2-4-8)10(18)16-9(5-6-17)11(19)20/h1-4,9,17H,5-6H2,(H,16,18)(H,19,20). The summed E-state index contributed by atoms with van der Waals surface area (Å²) < 4.78 is 39.5. The number of alkyl halides is 3. The highest BCUT2D eigenvalue weighted by Crippen LogP contribution is 2.22. The van der Waals surface area contributed by atoms with Gasteiger partial charge in [0.1, 0.15) is 11.8 Å². The third kappa shape index (κ3) is 5.69. The maximum Gasteiger partial charge on any atom is 0.573 e. The monoisotopic (exact) mass is 307 g/mol. The van der Waals surface area contributed by atoms with Crippen LogP contribution in [-0.2, 0) is 4.79 Å². The zero-order valence-electron chi connectivity index (χ0n) is 10.6. The summed E-state index contributed by atoms with van der Waals surface area (Å²) in [6.07, 6.45) is -5.02. The van der Waals surface area contributed by atoms with E-state index in [0.29, 0.717) is 0 Å². The van der Waals surface area contributed by atoms with E-state index in [-0.39, 0.29) is 12.0 Å². The summed E-state index contributed by atoms with van der Waals surface area (Å²) in [5.74, 6) is -2.60. The van der Waals surface area contributed by atoms with Crippen LogP contribution in [-0.4, -0.2) is 41.1 Å². The number of hydrogen-bond acceptors (Lipinski definition) is 4. The van der Waals surface area contributed by atoms with Crippen molar-refractivity contribution in [3.05, 3.63) is 29.8 Å². The number of halogens is 3. The number of aliphatic carboxylic acids is 1. The molecule has 0 aromatic heterocycles. The third-order valence-corrected chi connectivity index (χ3v) is 2.37. The highest BCUT2D eigenvalue weighted by atomic mass is 19.4. The van der Waals surface area contributed by atoms with Gasteiger partial charge in [0.2, 0.25) is 0 Å². The number of ether oxygens (including phenoxy) is 1. The van der Waals surface area contributed by atoms with Gasteiger partial charge in [-0.2, -0.15) is 0 Å². The topological polar surface area (TPSA) is 95.9 Å². The number of carboxylic acids is 1. The van der Waals surface area contributed by atoms with E-state index in [1.165, 1.54) is 0 Å². The maximum absolute atomic E-state index is 12.0. The number of aliphatic hydroxyl groups is 1. The Morgan fingerprint density at radius 1 is 1.24 bits per heavy atom. The molecule has 1 aromatic carbocycles. The lowest BCUT2D eigenvalue weighted by atomic mass is 10.1. The number of benzene rings is 1. The van der Waals surface area contributed by atoms with E-state index in [0.717, 1.165) is 24.3 Å². The van der Waals surface area contributed by atoms with Crippen molar-refractivity contribution >= 4 is 11.9 Å². The summed E-state index contributed by atoms with van der Waals surface area (Å²) in [5.41, 5.74) is -0.0336. The summed E-state index contributed by atoms with van der Waals surface area (Å²) >= 11 is 0. The molecule has 21 heavy (non-hydrogen) atoms. The first-order valence-corrected chi connectivity index (χ1v) is 5.73. The number of rotatable bonds is 6. The molecule has 6 nitrogen and oxygen atoms in total. The van der Waals surface area contributed by atoms with E-state index >= 15 is 0 Å². The molecule has 1 unspecified atom stereocenters. The Bertz CT molecular complexity index is 501. The Hall–Kier alpha value is -2.29. The summed E-state index contributed by atoms with van der Waals surface area (Å²) in [6, 6.07) is 2.71. The number of amides is 1. The van der Waals surface area contributed by atoms with E-state index < -0.39 is 36.6 Å². The number of nitrogens with one attached hydrogen (secondary N) is 1. The van der Waals surface area contributed by atoms with Crippen molar-refractivity contribution in [2.75, 3.05) is 6.61 Å². The average molecular weight is 307 g/mol. The lowest BCUT2D eigenvalue weighted by molar-refractivity contribution is -0.274. The fourth-order valence-electron chi connectivity index (χ4n) is 1.44. The van der Waals surface area contributed by atoms with Crippen LogP contribution in [0.4, 0.5) is 13.2 Å². The molecule has 0 saturated carbocycles. The first-order valence-electron chi connectivity index (χ1n) is 5.73. The molecule has 1 atom stereocenters. The van der Waals surface area contributed by atoms with E-state index in [4.69, 9.17) is 10.2 Å². The number of hydrogen-bond donors (Lipinski definition) is 3. The summed E-state index contributed by atoms with van der Waals surface area (Å²) in [6.45, 7) is -0.435. The third-order valence-electron chi connectivity index (χ3n) is 2.37. The number of aliphatic hydroxyl groups excluding tert-OH is 1. The molecule has 0 heterocycles. The Balaban J connectivity index is 2.72. The summed E-state index contributed by atoms with van der Waals surface area (Å²) in [5, 5.41) is 19.6. The van der Waals surface area contributed by atoms with Gasteiger partial charge in [-0.15, -0.1) is 13.2 Å². The Labute approximate surface area is 117 Å². The van der Waals surface area contributed by atoms with Crippen molar-refractivity contribution in [2.45, 2.75) is 18.8 Å². The van der Waals surface area contributed by atoms with Gasteiger partial charge in [-0.25, -0.2) is 4.79 Å². The molecule has 0 aliphatic heterocycles. The van der Waals surface area contributed by atoms with Gasteiger partial charge in [0.05, 0.1) is 0 Å². The van der Waals surface area contributed by atoms with Gasteiger partial charge < -0.3 is 20.3 Å². The molecule has 0 aliphatic carbocycles. The van der Waals surface area contributed by atoms with Crippen LogP contribution in [0.15, 0.2) is 24.3 Å². The fourth-order valence-corrected chi connectivity index (χ4v) is 1.44. The van der Waals surface area contributed by atoms with E-state index in [9.17, 15) is 22.8 Å². The first-order chi connectivity index (χ1) is 9.73. The molecule has 0 aliphatic rings. The lowest BCUT2D eigenvalue weighted by Gasteiger charge is -2.13. The van der Waals surface area contributed by atoms with Crippen LogP contribution in [0.5, 0.6) is 5.75 Å². The molecule has 0 radical (unpaired) electrons. The van der Waals surface area contributed by atoms with Gasteiger partial charge in [0, 0.05) is 18.6 Å². The average Bonchev–Trinajstić information content (AvgIpc) is 2.36. The second kappa shape index (κ2) is 6.93. The highest BCUT2D eigenvalue weighted by molar-refractivity contribution is 5.96. The van der Waals surface area contributed by atoms with Crippen molar-refractivity contribution in [1.82, 2.24) is 5.32 Å². The minimum absolute atomic E-state index is 0.0336. The molecule has 1 aromatic rings. The first kappa shape index (κ1) is 16.8. The van der Waals surface area contributed by atoms with Crippen LogP contribution in [0.2, 0.25) is 0 Å². The predicted molar refractivity (Wildman–Crippen MR) is 63.7 cm³/mol. The molecule has 0 saturated heterocycles.